The van der Waals surface area contributed by atoms with Gasteiger partial charge in [0.1, 0.15) is 4.60 Å². The molecule has 10 nitrogen and oxygen atoms in total. The maximum atomic E-state index is 14.2. The summed E-state index contributed by atoms with van der Waals surface area (Å²) in [6.45, 7) is -1.46. The van der Waals surface area contributed by atoms with Crippen LogP contribution in [0.15, 0.2) is 75.2 Å². The van der Waals surface area contributed by atoms with Gasteiger partial charge in [-0.3, -0.25) is 13.8 Å². The van der Waals surface area contributed by atoms with Crippen molar-refractivity contribution in [2.24, 2.45) is 14.0 Å². The fraction of sp³-hybridized carbons (Fsp3) is 0.250. The highest BCUT2D eigenvalue weighted by atomic mass is 79.9. The molecule has 1 aliphatic rings. The maximum absolute atomic E-state index is 14.2. The monoisotopic (exact) mass is 623 g/mol. The number of rotatable bonds is 4. The van der Waals surface area contributed by atoms with E-state index in [1.165, 1.54) is 29.1 Å². The molecule has 12 heteroatoms. The molecule has 204 valence electrons. The zero-order chi connectivity index (χ0) is 30.3. The molecule has 0 amide bonds. The lowest BCUT2D eigenvalue weighted by Gasteiger charge is -2.23. The molecule has 0 radical (unpaired) electrons. The molecule has 40 heavy (non-hydrogen) atoms. The third kappa shape index (κ3) is 3.55. The van der Waals surface area contributed by atoms with Gasteiger partial charge in [0.15, 0.2) is 5.65 Å². The van der Waals surface area contributed by atoms with Gasteiger partial charge in [0.05, 0.1) is 39.2 Å². The van der Waals surface area contributed by atoms with Gasteiger partial charge in [-0.15, -0.1) is 0 Å². The molecule has 0 spiro atoms. The van der Waals surface area contributed by atoms with Crippen molar-refractivity contribution in [1.29, 1.82) is 0 Å². The average molecular weight is 625 g/mol. The van der Waals surface area contributed by atoms with Gasteiger partial charge in [-0.1, -0.05) is 24.3 Å². The standard InChI is InChI=1S/C28H25BrN6O4S/c1-32-22-16-30-27-24(25(22)34(28(32)36)19-10-12-39-13-11-19)23(17-8-9-21-18(14-17)15-31-33(21)2)26(29)35(27)40(37,38)20-6-4-3-5-7-20/h3-9,14-16,19H,10-13H2,1-2H3/i2D3. The minimum atomic E-state index is -4.15. The van der Waals surface area contributed by atoms with Crippen molar-refractivity contribution < 1.29 is 17.3 Å². The number of nitrogens with zero attached hydrogens (tertiary/aromatic N) is 6. The maximum Gasteiger partial charge on any atom is 0.329 e. The van der Waals surface area contributed by atoms with E-state index in [9.17, 15) is 13.2 Å². The number of aryl methyl sites for hydroxylation is 2. The first-order chi connectivity index (χ1) is 20.5. The molecule has 5 heterocycles. The zero-order valence-electron chi connectivity index (χ0n) is 24.3. The summed E-state index contributed by atoms with van der Waals surface area (Å²) in [7, 11) is -2.47. The second kappa shape index (κ2) is 9.15. The van der Waals surface area contributed by atoms with Gasteiger partial charge < -0.3 is 4.74 Å². The molecule has 1 aliphatic heterocycles. The lowest BCUT2D eigenvalue weighted by molar-refractivity contribution is 0.0697. The van der Waals surface area contributed by atoms with Crippen molar-refractivity contribution in [1.82, 2.24) is 27.9 Å². The minimum Gasteiger partial charge on any atom is -0.381 e. The summed E-state index contributed by atoms with van der Waals surface area (Å²) in [5.74, 6) is 0. The molecule has 7 rings (SSSR count). The molecule has 1 fully saturated rings. The van der Waals surface area contributed by atoms with Crippen LogP contribution in [-0.4, -0.2) is 49.5 Å². The predicted octanol–water partition coefficient (Wildman–Crippen LogP) is 4.59. The second-order valence-electron chi connectivity index (χ2n) is 9.82. The van der Waals surface area contributed by atoms with Crippen LogP contribution >= 0.6 is 15.9 Å². The van der Waals surface area contributed by atoms with Crippen LogP contribution in [0.3, 0.4) is 0 Å². The molecule has 2 aromatic carbocycles. The molecule has 0 aliphatic carbocycles. The van der Waals surface area contributed by atoms with E-state index in [2.05, 4.69) is 26.0 Å². The largest absolute Gasteiger partial charge is 0.381 e. The summed E-state index contributed by atoms with van der Waals surface area (Å²) in [6.07, 6.45) is 4.25. The highest BCUT2D eigenvalue weighted by Gasteiger charge is 2.32. The van der Waals surface area contributed by atoms with Crippen molar-refractivity contribution in [3.8, 4) is 11.1 Å². The van der Waals surface area contributed by atoms with Crippen molar-refractivity contribution >= 4 is 58.9 Å². The Kier molecular flexibility index (Phi) is 5.03. The lowest BCUT2D eigenvalue weighted by Crippen LogP contribution is -2.29. The zero-order valence-corrected chi connectivity index (χ0v) is 23.7. The van der Waals surface area contributed by atoms with Crippen LogP contribution in [0.25, 0.3) is 44.1 Å². The van der Waals surface area contributed by atoms with Crippen molar-refractivity contribution in [3.63, 3.8) is 0 Å². The SMILES string of the molecule is [2H]C([2H])([2H])n1ncc2cc(-c3c(Br)n(S(=O)(=O)c4ccccc4)c4ncc5c(c34)n(C3CCOCC3)c(=O)n5C)ccc21. The predicted molar refractivity (Wildman–Crippen MR) is 156 cm³/mol. The van der Waals surface area contributed by atoms with Gasteiger partial charge in [-0.2, -0.15) is 5.10 Å². The van der Waals surface area contributed by atoms with E-state index in [0.717, 1.165) is 8.65 Å². The van der Waals surface area contributed by atoms with Crippen molar-refractivity contribution in [2.45, 2.75) is 23.8 Å². The summed E-state index contributed by atoms with van der Waals surface area (Å²) < 4.78 is 63.0. The van der Waals surface area contributed by atoms with Crippen LogP contribution < -0.4 is 5.69 Å². The van der Waals surface area contributed by atoms with Crippen LogP contribution in [0, 0.1) is 0 Å². The summed E-state index contributed by atoms with van der Waals surface area (Å²) in [4.78, 5) is 18.4. The second-order valence-corrected chi connectivity index (χ2v) is 12.4. The third-order valence-corrected chi connectivity index (χ3v) is 10.3. The number of aromatic nitrogens is 6. The first kappa shape index (κ1) is 22.0. The van der Waals surface area contributed by atoms with Crippen LogP contribution in [-0.2, 0) is 28.8 Å². The molecule has 0 bridgehead atoms. The normalized spacial score (nSPS) is 16.5. The highest BCUT2D eigenvalue weighted by Crippen LogP contribution is 2.44. The van der Waals surface area contributed by atoms with E-state index in [1.54, 1.807) is 48.0 Å². The van der Waals surface area contributed by atoms with E-state index in [-0.39, 0.29) is 26.9 Å². The average Bonchev–Trinajstić information content (AvgIpc) is 3.63. The fourth-order valence-corrected chi connectivity index (χ4v) is 8.21. The minimum absolute atomic E-state index is 0.0744. The summed E-state index contributed by atoms with van der Waals surface area (Å²) in [5.41, 5.74) is 2.56. The van der Waals surface area contributed by atoms with Gasteiger partial charge in [0.2, 0.25) is 0 Å². The Morgan fingerprint density at radius 3 is 2.60 bits per heavy atom. The smallest absolute Gasteiger partial charge is 0.329 e. The Labute approximate surface area is 241 Å². The quantitative estimate of drug-likeness (QED) is 0.284. The summed E-state index contributed by atoms with van der Waals surface area (Å²) >= 11 is 3.62. The van der Waals surface area contributed by atoms with Gasteiger partial charge in [0, 0.05) is 48.3 Å². The number of ether oxygens (including phenoxy) is 1. The number of imidazole rings is 1. The molecule has 1 saturated heterocycles. The number of fused-ring (bicyclic) bond motifs is 4. The Morgan fingerprint density at radius 1 is 1.07 bits per heavy atom. The Hall–Kier alpha value is -3.74. The van der Waals surface area contributed by atoms with Gasteiger partial charge >= 0.3 is 5.69 Å². The number of hydrogen-bond acceptors (Lipinski definition) is 6. The highest BCUT2D eigenvalue weighted by molar-refractivity contribution is 9.10. The van der Waals surface area contributed by atoms with Crippen LogP contribution in [0.2, 0.25) is 0 Å². The van der Waals surface area contributed by atoms with Crippen molar-refractivity contribution in [2.75, 3.05) is 13.2 Å². The topological polar surface area (TPSA) is 106 Å². The van der Waals surface area contributed by atoms with E-state index in [4.69, 9.17) is 8.85 Å². The first-order valence-corrected chi connectivity index (χ1v) is 14.9. The molecular formula is C28H25BrN6O4S. The molecule has 0 N–H and O–H groups in total. The van der Waals surface area contributed by atoms with Crippen molar-refractivity contribution in [3.05, 3.63) is 76.0 Å². The van der Waals surface area contributed by atoms with E-state index >= 15 is 0 Å². The Bertz CT molecular complexity index is 2230. The molecule has 0 unspecified atom stereocenters. The number of halogens is 1. The molecule has 0 saturated carbocycles. The lowest BCUT2D eigenvalue weighted by atomic mass is 10.0. The molecule has 4 aromatic heterocycles. The van der Waals surface area contributed by atoms with Gasteiger partial charge in [0.25, 0.3) is 10.0 Å². The summed E-state index contributed by atoms with van der Waals surface area (Å²) in [5, 5.41) is 5.12. The van der Waals surface area contributed by atoms with Crippen LogP contribution in [0.1, 0.15) is 23.0 Å². The van der Waals surface area contributed by atoms with Gasteiger partial charge in [-0.25, -0.2) is 22.2 Å². The third-order valence-electron chi connectivity index (χ3n) is 7.63. The summed E-state index contributed by atoms with van der Waals surface area (Å²) in [6, 6.07) is 13.0. The number of pyridine rings is 1. The number of benzene rings is 2. The first-order valence-electron chi connectivity index (χ1n) is 14.2. The fourth-order valence-electron chi connectivity index (χ4n) is 5.66. The van der Waals surface area contributed by atoms with Crippen LogP contribution in [0.4, 0.5) is 0 Å². The van der Waals surface area contributed by atoms with E-state index in [0.29, 0.717) is 64.5 Å². The Morgan fingerprint density at radius 2 is 1.85 bits per heavy atom. The number of hydrogen-bond donors (Lipinski definition) is 0. The van der Waals surface area contributed by atoms with Crippen LogP contribution in [0.5, 0.6) is 0 Å². The van der Waals surface area contributed by atoms with E-state index < -0.39 is 17.0 Å². The molecular weight excluding hydrogens is 596 g/mol. The molecule has 6 aromatic rings. The molecule has 0 atom stereocenters. The van der Waals surface area contributed by atoms with Gasteiger partial charge in [-0.05, 0) is 58.6 Å². The van der Waals surface area contributed by atoms with E-state index in [1.807, 2.05) is 0 Å². The Balaban J connectivity index is 1.62.